The van der Waals surface area contributed by atoms with Crippen LogP contribution < -0.4 is 0 Å². The molecular weight excluding hydrogens is 132 g/mol. The van der Waals surface area contributed by atoms with E-state index in [2.05, 4.69) is 0 Å². The van der Waals surface area contributed by atoms with Crippen LogP contribution in [0.25, 0.3) is 0 Å². The molecule has 0 aromatic rings. The Bertz CT molecular complexity index is 86.9. The van der Waals surface area contributed by atoms with E-state index in [0.717, 1.165) is 25.7 Å². The van der Waals surface area contributed by atoms with Crippen LogP contribution in [0.5, 0.6) is 0 Å². The summed E-state index contributed by atoms with van der Waals surface area (Å²) in [7, 11) is 0. The molecule has 0 amide bonds. The minimum atomic E-state index is -1.58. The minimum absolute atomic E-state index is 0.0775. The van der Waals surface area contributed by atoms with Gasteiger partial charge in [0.25, 0.3) is 6.48 Å². The van der Waals surface area contributed by atoms with E-state index in [-0.39, 0.29) is 6.10 Å². The third-order valence-corrected chi connectivity index (χ3v) is 1.87. The van der Waals surface area contributed by atoms with Gasteiger partial charge in [0.15, 0.2) is 0 Å². The van der Waals surface area contributed by atoms with E-state index in [1.165, 1.54) is 6.42 Å². The van der Waals surface area contributed by atoms with Gasteiger partial charge in [0.1, 0.15) is 0 Å². The SMILES string of the molecule is OC(O)OC1CCCCC1. The van der Waals surface area contributed by atoms with Crippen LogP contribution in [0.2, 0.25) is 0 Å². The molecule has 0 bridgehead atoms. The van der Waals surface area contributed by atoms with Gasteiger partial charge in [0, 0.05) is 0 Å². The number of rotatable bonds is 2. The number of aliphatic hydroxyl groups is 2. The highest BCUT2D eigenvalue weighted by atomic mass is 16.7. The molecule has 0 saturated heterocycles. The van der Waals surface area contributed by atoms with Gasteiger partial charge in [-0.1, -0.05) is 19.3 Å². The highest BCUT2D eigenvalue weighted by Gasteiger charge is 2.15. The fourth-order valence-corrected chi connectivity index (χ4v) is 1.37. The van der Waals surface area contributed by atoms with Gasteiger partial charge in [-0.05, 0) is 12.8 Å². The van der Waals surface area contributed by atoms with Crippen LogP contribution in [-0.4, -0.2) is 22.8 Å². The summed E-state index contributed by atoms with van der Waals surface area (Å²) in [6.45, 7) is -1.58. The van der Waals surface area contributed by atoms with Crippen molar-refractivity contribution in [3.8, 4) is 0 Å². The molecule has 0 atom stereocenters. The van der Waals surface area contributed by atoms with Crippen molar-refractivity contribution in [3.63, 3.8) is 0 Å². The molecule has 1 saturated carbocycles. The molecule has 0 radical (unpaired) electrons. The van der Waals surface area contributed by atoms with Crippen molar-refractivity contribution >= 4 is 0 Å². The lowest BCUT2D eigenvalue weighted by molar-refractivity contribution is -0.259. The maximum Gasteiger partial charge on any atom is 0.266 e. The normalized spacial score (nSPS) is 21.9. The first-order valence-corrected chi connectivity index (χ1v) is 3.80. The summed E-state index contributed by atoms with van der Waals surface area (Å²) in [5.74, 6) is 0. The Morgan fingerprint density at radius 1 is 1.10 bits per heavy atom. The van der Waals surface area contributed by atoms with E-state index in [0.29, 0.717) is 0 Å². The van der Waals surface area contributed by atoms with Crippen molar-refractivity contribution in [1.29, 1.82) is 0 Å². The second-order valence-corrected chi connectivity index (χ2v) is 2.72. The molecule has 0 aromatic heterocycles. The summed E-state index contributed by atoms with van der Waals surface area (Å²) in [5, 5.41) is 16.9. The monoisotopic (exact) mass is 146 g/mol. The maximum absolute atomic E-state index is 8.44. The first-order valence-electron chi connectivity index (χ1n) is 3.80. The van der Waals surface area contributed by atoms with E-state index < -0.39 is 6.48 Å². The van der Waals surface area contributed by atoms with Crippen molar-refractivity contribution in [2.45, 2.75) is 44.7 Å². The van der Waals surface area contributed by atoms with Gasteiger partial charge in [0.05, 0.1) is 6.10 Å². The highest BCUT2D eigenvalue weighted by molar-refractivity contribution is 4.64. The van der Waals surface area contributed by atoms with E-state index in [9.17, 15) is 0 Å². The molecule has 1 aliphatic rings. The third kappa shape index (κ3) is 2.64. The predicted molar refractivity (Wildman–Crippen MR) is 36.2 cm³/mol. The molecule has 0 aliphatic heterocycles. The lowest BCUT2D eigenvalue weighted by atomic mass is 9.98. The van der Waals surface area contributed by atoms with Gasteiger partial charge < -0.3 is 14.9 Å². The molecule has 2 N–H and O–H groups in total. The Balaban J connectivity index is 2.13. The van der Waals surface area contributed by atoms with E-state index >= 15 is 0 Å². The quantitative estimate of drug-likeness (QED) is 0.561. The van der Waals surface area contributed by atoms with Gasteiger partial charge in [-0.2, -0.15) is 0 Å². The molecule has 3 nitrogen and oxygen atoms in total. The predicted octanol–water partition coefficient (Wildman–Crippen LogP) is 0.604. The molecule has 0 aromatic carbocycles. The van der Waals surface area contributed by atoms with E-state index in [1.807, 2.05) is 0 Å². The molecule has 60 valence electrons. The first kappa shape index (κ1) is 7.98. The van der Waals surface area contributed by atoms with Gasteiger partial charge in [-0.25, -0.2) is 0 Å². The van der Waals surface area contributed by atoms with Crippen molar-refractivity contribution in [1.82, 2.24) is 0 Å². The number of hydrogen-bond acceptors (Lipinski definition) is 3. The zero-order valence-corrected chi connectivity index (χ0v) is 5.99. The Kier molecular flexibility index (Phi) is 3.12. The second-order valence-electron chi connectivity index (χ2n) is 2.72. The number of aliphatic hydroxyl groups excluding tert-OH is 1. The summed E-state index contributed by atoms with van der Waals surface area (Å²) < 4.78 is 4.80. The average molecular weight is 146 g/mol. The molecule has 3 heteroatoms. The van der Waals surface area contributed by atoms with Crippen LogP contribution in [0.3, 0.4) is 0 Å². The minimum Gasteiger partial charge on any atom is -0.346 e. The zero-order valence-electron chi connectivity index (χ0n) is 5.99. The fraction of sp³-hybridized carbons (Fsp3) is 1.00. The number of hydrogen-bond donors (Lipinski definition) is 2. The molecule has 0 spiro atoms. The first-order chi connectivity index (χ1) is 4.79. The lowest BCUT2D eigenvalue weighted by Crippen LogP contribution is -2.23. The summed E-state index contributed by atoms with van der Waals surface area (Å²) in [5.41, 5.74) is 0. The Morgan fingerprint density at radius 2 is 1.70 bits per heavy atom. The zero-order chi connectivity index (χ0) is 7.40. The molecule has 0 unspecified atom stereocenters. The van der Waals surface area contributed by atoms with Gasteiger partial charge >= 0.3 is 0 Å². The van der Waals surface area contributed by atoms with Crippen LogP contribution >= 0.6 is 0 Å². The lowest BCUT2D eigenvalue weighted by Gasteiger charge is -2.22. The molecule has 0 heterocycles. The van der Waals surface area contributed by atoms with E-state index in [1.54, 1.807) is 0 Å². The van der Waals surface area contributed by atoms with Crippen molar-refractivity contribution in [3.05, 3.63) is 0 Å². The van der Waals surface area contributed by atoms with Crippen LogP contribution in [0, 0.1) is 0 Å². The fourth-order valence-electron chi connectivity index (χ4n) is 1.37. The van der Waals surface area contributed by atoms with Gasteiger partial charge in [-0.15, -0.1) is 0 Å². The largest absolute Gasteiger partial charge is 0.346 e. The smallest absolute Gasteiger partial charge is 0.266 e. The van der Waals surface area contributed by atoms with Crippen molar-refractivity contribution in [2.24, 2.45) is 0 Å². The van der Waals surface area contributed by atoms with Gasteiger partial charge in [-0.3, -0.25) is 0 Å². The summed E-state index contributed by atoms with van der Waals surface area (Å²) in [6, 6.07) is 0. The molecule has 10 heavy (non-hydrogen) atoms. The summed E-state index contributed by atoms with van der Waals surface area (Å²) in [4.78, 5) is 0. The second kappa shape index (κ2) is 3.91. The molecular formula is C7H14O3. The van der Waals surface area contributed by atoms with Crippen LogP contribution in [0.15, 0.2) is 0 Å². The van der Waals surface area contributed by atoms with E-state index in [4.69, 9.17) is 14.9 Å². The van der Waals surface area contributed by atoms with Crippen LogP contribution in [-0.2, 0) is 4.74 Å². The average Bonchev–Trinajstić information content (AvgIpc) is 1.88. The third-order valence-electron chi connectivity index (χ3n) is 1.87. The van der Waals surface area contributed by atoms with Gasteiger partial charge in [0.2, 0.25) is 0 Å². The molecule has 1 fully saturated rings. The maximum atomic E-state index is 8.44. The van der Waals surface area contributed by atoms with Crippen LogP contribution in [0.1, 0.15) is 32.1 Å². The topological polar surface area (TPSA) is 49.7 Å². The molecule has 1 aliphatic carbocycles. The Labute approximate surface area is 60.6 Å². The van der Waals surface area contributed by atoms with Crippen molar-refractivity contribution < 1.29 is 14.9 Å². The Hall–Kier alpha value is -0.120. The summed E-state index contributed by atoms with van der Waals surface area (Å²) in [6.07, 6.45) is 5.57. The highest BCUT2D eigenvalue weighted by Crippen LogP contribution is 2.20. The van der Waals surface area contributed by atoms with Crippen molar-refractivity contribution in [2.75, 3.05) is 0 Å². The Morgan fingerprint density at radius 3 is 2.20 bits per heavy atom. The number of ether oxygens (including phenoxy) is 1. The standard InChI is InChI=1S/C7H14O3/c8-7(9)10-6-4-2-1-3-5-6/h6-9H,1-5H2. The summed E-state index contributed by atoms with van der Waals surface area (Å²) >= 11 is 0. The van der Waals surface area contributed by atoms with Crippen LogP contribution in [0.4, 0.5) is 0 Å². The molecule has 1 rings (SSSR count).